The Hall–Kier alpha value is -2.04. The standard InChI is InChI=1S/C20H28FN3O5S/c1-2-29-20(26)16-9-13-24(14-10-16)30(27,28)23-11-7-15(8-12-23)19(25)22-18-5-3-17(21)4-6-18/h3-6,15-16H,2,7-14H2,1H3,(H,22,25). The number of carbonyl (C=O) groups excluding carboxylic acids is 2. The summed E-state index contributed by atoms with van der Waals surface area (Å²) in [5.41, 5.74) is 0.515. The van der Waals surface area contributed by atoms with Crippen LogP contribution < -0.4 is 5.32 Å². The van der Waals surface area contributed by atoms with Gasteiger partial charge in [-0.3, -0.25) is 9.59 Å². The average Bonchev–Trinajstić information content (AvgIpc) is 2.75. The molecule has 2 fully saturated rings. The fourth-order valence-electron chi connectivity index (χ4n) is 3.87. The maximum atomic E-state index is 13.0. The molecule has 1 amide bonds. The van der Waals surface area contributed by atoms with Gasteiger partial charge in [-0.25, -0.2) is 4.39 Å². The number of rotatable bonds is 6. The number of anilines is 1. The second-order valence-electron chi connectivity index (χ2n) is 7.60. The van der Waals surface area contributed by atoms with Gasteiger partial charge in [0.2, 0.25) is 5.91 Å². The molecule has 1 aromatic carbocycles. The minimum atomic E-state index is -3.62. The number of esters is 1. The molecule has 10 heteroatoms. The summed E-state index contributed by atoms with van der Waals surface area (Å²) in [7, 11) is -3.62. The van der Waals surface area contributed by atoms with E-state index in [1.807, 2.05) is 0 Å². The number of amides is 1. The molecule has 3 rings (SSSR count). The molecule has 2 heterocycles. The van der Waals surface area contributed by atoms with E-state index in [-0.39, 0.29) is 55.7 Å². The summed E-state index contributed by atoms with van der Waals surface area (Å²) in [5.74, 6) is -1.37. The van der Waals surface area contributed by atoms with Crippen molar-refractivity contribution in [2.75, 3.05) is 38.1 Å². The van der Waals surface area contributed by atoms with Crippen molar-refractivity contribution in [1.82, 2.24) is 8.61 Å². The first kappa shape index (κ1) is 22.6. The predicted octanol–water partition coefficient (Wildman–Crippen LogP) is 2.00. The zero-order valence-electron chi connectivity index (χ0n) is 17.0. The lowest BCUT2D eigenvalue weighted by Gasteiger charge is -2.37. The van der Waals surface area contributed by atoms with E-state index < -0.39 is 10.2 Å². The summed E-state index contributed by atoms with van der Waals surface area (Å²) in [6.07, 6.45) is 1.75. The summed E-state index contributed by atoms with van der Waals surface area (Å²) in [5, 5.41) is 2.75. The monoisotopic (exact) mass is 441 g/mol. The Bertz CT molecular complexity index is 846. The van der Waals surface area contributed by atoms with Gasteiger partial charge in [-0.1, -0.05) is 0 Å². The fraction of sp³-hybridized carbons (Fsp3) is 0.600. The highest BCUT2D eigenvalue weighted by Crippen LogP contribution is 2.26. The summed E-state index contributed by atoms with van der Waals surface area (Å²) in [6, 6.07) is 5.53. The normalized spacial score (nSPS) is 20.1. The third-order valence-corrected chi connectivity index (χ3v) is 7.70. The van der Waals surface area contributed by atoms with Gasteiger partial charge in [0.1, 0.15) is 5.82 Å². The maximum Gasteiger partial charge on any atom is 0.309 e. The van der Waals surface area contributed by atoms with E-state index in [0.29, 0.717) is 38.0 Å². The number of halogens is 1. The Morgan fingerprint density at radius 2 is 1.50 bits per heavy atom. The first-order chi connectivity index (χ1) is 14.3. The van der Waals surface area contributed by atoms with Gasteiger partial charge in [-0.2, -0.15) is 17.0 Å². The lowest BCUT2D eigenvalue weighted by Crippen LogP contribution is -2.50. The lowest BCUT2D eigenvalue weighted by atomic mass is 9.97. The van der Waals surface area contributed by atoms with Crippen LogP contribution in [0.5, 0.6) is 0 Å². The second kappa shape index (κ2) is 9.84. The van der Waals surface area contributed by atoms with Gasteiger partial charge in [-0.05, 0) is 56.9 Å². The first-order valence-electron chi connectivity index (χ1n) is 10.3. The van der Waals surface area contributed by atoms with Crippen LogP contribution in [0, 0.1) is 17.7 Å². The number of ether oxygens (including phenoxy) is 1. The van der Waals surface area contributed by atoms with Crippen molar-refractivity contribution >= 4 is 27.8 Å². The fourth-order valence-corrected chi connectivity index (χ4v) is 5.54. The molecule has 0 aliphatic carbocycles. The third-order valence-electron chi connectivity index (χ3n) is 5.66. The van der Waals surface area contributed by atoms with Crippen molar-refractivity contribution in [3.63, 3.8) is 0 Å². The minimum absolute atomic E-state index is 0.186. The smallest absolute Gasteiger partial charge is 0.309 e. The van der Waals surface area contributed by atoms with Crippen LogP contribution in [0.3, 0.4) is 0 Å². The highest BCUT2D eigenvalue weighted by Gasteiger charge is 2.37. The Labute approximate surface area is 176 Å². The van der Waals surface area contributed by atoms with Crippen molar-refractivity contribution < 1.29 is 27.1 Å². The maximum absolute atomic E-state index is 13.0. The van der Waals surface area contributed by atoms with Crippen molar-refractivity contribution in [2.45, 2.75) is 32.6 Å². The minimum Gasteiger partial charge on any atom is -0.466 e. The van der Waals surface area contributed by atoms with Crippen LogP contribution in [-0.2, 0) is 24.5 Å². The van der Waals surface area contributed by atoms with Crippen LogP contribution in [0.1, 0.15) is 32.6 Å². The Balaban J connectivity index is 1.49. The van der Waals surface area contributed by atoms with Gasteiger partial charge in [0.25, 0.3) is 10.2 Å². The molecular formula is C20H28FN3O5S. The summed E-state index contributed by atoms with van der Waals surface area (Å²) < 4.78 is 46.7. The molecule has 0 unspecified atom stereocenters. The van der Waals surface area contributed by atoms with Crippen LogP contribution in [0.2, 0.25) is 0 Å². The number of benzene rings is 1. The first-order valence-corrected chi connectivity index (χ1v) is 11.7. The molecule has 2 saturated heterocycles. The highest BCUT2D eigenvalue weighted by molar-refractivity contribution is 7.86. The zero-order chi connectivity index (χ0) is 21.7. The second-order valence-corrected chi connectivity index (χ2v) is 9.53. The van der Waals surface area contributed by atoms with Gasteiger partial charge in [-0.15, -0.1) is 0 Å². The SMILES string of the molecule is CCOC(=O)C1CCN(S(=O)(=O)N2CCC(C(=O)Nc3ccc(F)cc3)CC2)CC1. The summed E-state index contributed by atoms with van der Waals surface area (Å²) in [4.78, 5) is 24.3. The van der Waals surface area contributed by atoms with Crippen LogP contribution in [0.25, 0.3) is 0 Å². The predicted molar refractivity (Wildman–Crippen MR) is 109 cm³/mol. The largest absolute Gasteiger partial charge is 0.466 e. The van der Waals surface area contributed by atoms with E-state index in [1.54, 1.807) is 6.92 Å². The van der Waals surface area contributed by atoms with Crippen molar-refractivity contribution in [3.05, 3.63) is 30.1 Å². The van der Waals surface area contributed by atoms with E-state index in [9.17, 15) is 22.4 Å². The zero-order valence-corrected chi connectivity index (χ0v) is 17.9. The van der Waals surface area contributed by atoms with Crippen molar-refractivity contribution in [2.24, 2.45) is 11.8 Å². The molecular weight excluding hydrogens is 413 g/mol. The van der Waals surface area contributed by atoms with Crippen LogP contribution >= 0.6 is 0 Å². The molecule has 8 nitrogen and oxygen atoms in total. The number of nitrogens with zero attached hydrogens (tertiary/aromatic N) is 2. The molecule has 0 aromatic heterocycles. The van der Waals surface area contributed by atoms with Gasteiger partial charge in [0.05, 0.1) is 12.5 Å². The van der Waals surface area contributed by atoms with Crippen molar-refractivity contribution in [1.29, 1.82) is 0 Å². The van der Waals surface area contributed by atoms with Gasteiger partial charge in [0, 0.05) is 37.8 Å². The Morgan fingerprint density at radius 3 is 2.00 bits per heavy atom. The Morgan fingerprint density at radius 1 is 1.00 bits per heavy atom. The summed E-state index contributed by atoms with van der Waals surface area (Å²) >= 11 is 0. The van der Waals surface area contributed by atoms with Gasteiger partial charge < -0.3 is 10.1 Å². The molecule has 166 valence electrons. The molecule has 30 heavy (non-hydrogen) atoms. The highest BCUT2D eigenvalue weighted by atomic mass is 32.2. The average molecular weight is 442 g/mol. The number of hydrogen-bond donors (Lipinski definition) is 1. The molecule has 2 aliphatic heterocycles. The van der Waals surface area contributed by atoms with Crippen LogP contribution in [0.15, 0.2) is 24.3 Å². The van der Waals surface area contributed by atoms with Gasteiger partial charge in [0.15, 0.2) is 0 Å². The molecule has 0 radical (unpaired) electrons. The molecule has 0 atom stereocenters. The van der Waals surface area contributed by atoms with E-state index in [1.165, 1.54) is 32.9 Å². The van der Waals surface area contributed by atoms with E-state index >= 15 is 0 Å². The summed E-state index contributed by atoms with van der Waals surface area (Å²) in [6.45, 7) is 3.18. The number of nitrogens with one attached hydrogen (secondary N) is 1. The van der Waals surface area contributed by atoms with E-state index in [2.05, 4.69) is 5.32 Å². The Kier molecular flexibility index (Phi) is 7.43. The number of carbonyl (C=O) groups is 2. The van der Waals surface area contributed by atoms with Crippen LogP contribution in [-0.4, -0.2) is 61.7 Å². The quantitative estimate of drug-likeness (QED) is 0.681. The third kappa shape index (κ3) is 5.35. The topological polar surface area (TPSA) is 96.0 Å². The number of hydrogen-bond acceptors (Lipinski definition) is 5. The van der Waals surface area contributed by atoms with Crippen molar-refractivity contribution in [3.8, 4) is 0 Å². The molecule has 2 aliphatic rings. The van der Waals surface area contributed by atoms with E-state index in [0.717, 1.165) is 0 Å². The molecule has 0 saturated carbocycles. The molecule has 0 bridgehead atoms. The molecule has 1 N–H and O–H groups in total. The number of piperidine rings is 2. The van der Waals surface area contributed by atoms with Crippen LogP contribution in [0.4, 0.5) is 10.1 Å². The lowest BCUT2D eigenvalue weighted by molar-refractivity contribution is -0.149. The molecule has 1 aromatic rings. The molecule has 0 spiro atoms. The van der Waals surface area contributed by atoms with E-state index in [4.69, 9.17) is 4.74 Å². The van der Waals surface area contributed by atoms with Gasteiger partial charge >= 0.3 is 5.97 Å².